The lowest BCUT2D eigenvalue weighted by Gasteiger charge is -2.43. The van der Waals surface area contributed by atoms with Gasteiger partial charge in [0.25, 0.3) is 5.91 Å². The molecule has 0 saturated carbocycles. The zero-order chi connectivity index (χ0) is 21.3. The van der Waals surface area contributed by atoms with Gasteiger partial charge in [-0.15, -0.1) is 0 Å². The van der Waals surface area contributed by atoms with Crippen molar-refractivity contribution in [3.8, 4) is 0 Å². The number of para-hydroxylation sites is 1. The predicted molar refractivity (Wildman–Crippen MR) is 117 cm³/mol. The number of benzene rings is 2. The van der Waals surface area contributed by atoms with Gasteiger partial charge in [-0.2, -0.15) is 0 Å². The predicted octanol–water partition coefficient (Wildman–Crippen LogP) is 3.39. The van der Waals surface area contributed by atoms with Gasteiger partial charge in [-0.05, 0) is 43.7 Å². The van der Waals surface area contributed by atoms with Crippen molar-refractivity contribution in [3.05, 3.63) is 59.9 Å². The minimum atomic E-state index is -1.15. The summed E-state index contributed by atoms with van der Waals surface area (Å²) in [7, 11) is 0. The maximum absolute atomic E-state index is 13.5. The first-order valence-corrected chi connectivity index (χ1v) is 11.1. The minimum Gasteiger partial charge on any atom is -0.338 e. The van der Waals surface area contributed by atoms with Gasteiger partial charge in [0.15, 0.2) is 4.75 Å². The van der Waals surface area contributed by atoms with Gasteiger partial charge in [-0.1, -0.05) is 36.0 Å². The van der Waals surface area contributed by atoms with Crippen LogP contribution in [-0.2, 0) is 16.1 Å². The number of anilines is 1. The van der Waals surface area contributed by atoms with Crippen LogP contribution < -0.4 is 4.90 Å². The van der Waals surface area contributed by atoms with Gasteiger partial charge in [0.05, 0.1) is 5.69 Å². The molecule has 2 heterocycles. The van der Waals surface area contributed by atoms with Crippen LogP contribution in [0.4, 0.5) is 10.1 Å². The van der Waals surface area contributed by atoms with Crippen LogP contribution in [0.1, 0.15) is 19.4 Å². The van der Waals surface area contributed by atoms with Crippen molar-refractivity contribution >= 4 is 29.3 Å². The normalized spacial score (nSPS) is 22.2. The number of amides is 2. The Labute approximate surface area is 180 Å². The average molecular weight is 428 g/mol. The number of rotatable bonds is 4. The number of halogens is 1. The zero-order valence-electron chi connectivity index (χ0n) is 17.3. The van der Waals surface area contributed by atoms with E-state index in [4.69, 9.17) is 0 Å². The Balaban J connectivity index is 1.44. The molecule has 0 spiro atoms. The third-order valence-corrected chi connectivity index (χ3v) is 7.15. The molecule has 0 bridgehead atoms. The topological polar surface area (TPSA) is 43.9 Å². The molecular weight excluding hydrogens is 401 g/mol. The quantitative estimate of drug-likeness (QED) is 0.702. The molecule has 2 aromatic carbocycles. The van der Waals surface area contributed by atoms with Crippen molar-refractivity contribution in [3.63, 3.8) is 0 Å². The van der Waals surface area contributed by atoms with E-state index in [1.165, 1.54) is 23.9 Å². The van der Waals surface area contributed by atoms with Crippen LogP contribution >= 0.6 is 11.8 Å². The van der Waals surface area contributed by atoms with E-state index in [0.717, 1.165) is 35.8 Å². The lowest BCUT2D eigenvalue weighted by Crippen LogP contribution is -2.60. The standard InChI is InChI=1S/C23H26FN3O2S/c1-3-27-19-6-4-5-7-20(19)30-23(2,22(27)29)21(28)26-14-12-25(13-15-26)16-17-8-10-18(24)11-9-17/h4-11H,3,12-16H2,1-2H3. The molecule has 2 aliphatic heterocycles. The Morgan fingerprint density at radius 2 is 1.73 bits per heavy atom. The van der Waals surface area contributed by atoms with E-state index in [0.29, 0.717) is 19.6 Å². The highest BCUT2D eigenvalue weighted by Crippen LogP contribution is 2.46. The molecule has 2 aromatic rings. The summed E-state index contributed by atoms with van der Waals surface area (Å²) in [4.78, 5) is 33.5. The number of hydrogen-bond donors (Lipinski definition) is 0. The second-order valence-electron chi connectivity index (χ2n) is 7.85. The number of hydrogen-bond acceptors (Lipinski definition) is 4. The van der Waals surface area contributed by atoms with Gasteiger partial charge in [0, 0.05) is 44.2 Å². The monoisotopic (exact) mass is 427 g/mol. The first kappa shape index (κ1) is 20.9. The van der Waals surface area contributed by atoms with Crippen LogP contribution in [0.15, 0.2) is 53.4 Å². The van der Waals surface area contributed by atoms with Crippen LogP contribution in [0.5, 0.6) is 0 Å². The number of fused-ring (bicyclic) bond motifs is 1. The molecular formula is C23H26FN3O2S. The number of nitrogens with zero attached hydrogens (tertiary/aromatic N) is 3. The van der Waals surface area contributed by atoms with Gasteiger partial charge < -0.3 is 9.80 Å². The molecule has 30 heavy (non-hydrogen) atoms. The first-order valence-electron chi connectivity index (χ1n) is 10.3. The highest BCUT2D eigenvalue weighted by Gasteiger charge is 2.50. The van der Waals surface area contributed by atoms with E-state index in [9.17, 15) is 14.0 Å². The summed E-state index contributed by atoms with van der Waals surface area (Å²) in [5.74, 6) is -0.501. The Bertz CT molecular complexity index is 944. The highest BCUT2D eigenvalue weighted by atomic mass is 32.2. The zero-order valence-corrected chi connectivity index (χ0v) is 18.1. The number of carbonyl (C=O) groups excluding carboxylic acids is 2. The molecule has 1 atom stereocenters. The lowest BCUT2D eigenvalue weighted by atomic mass is 10.0. The molecule has 1 unspecified atom stereocenters. The Kier molecular flexibility index (Phi) is 5.84. The van der Waals surface area contributed by atoms with Crippen LogP contribution in [0, 0.1) is 5.82 Å². The fourth-order valence-corrected chi connectivity index (χ4v) is 5.39. The molecule has 4 rings (SSSR count). The summed E-state index contributed by atoms with van der Waals surface area (Å²) in [6.45, 7) is 7.57. The van der Waals surface area contributed by atoms with Gasteiger partial charge in [0.2, 0.25) is 5.91 Å². The Hall–Kier alpha value is -2.38. The largest absolute Gasteiger partial charge is 0.338 e. The van der Waals surface area contributed by atoms with Crippen molar-refractivity contribution in [1.29, 1.82) is 0 Å². The number of piperazine rings is 1. The molecule has 0 aliphatic carbocycles. The van der Waals surface area contributed by atoms with Crippen molar-refractivity contribution < 1.29 is 14.0 Å². The maximum atomic E-state index is 13.5. The molecule has 1 saturated heterocycles. The van der Waals surface area contributed by atoms with Crippen LogP contribution in [0.3, 0.4) is 0 Å². The second-order valence-corrected chi connectivity index (χ2v) is 9.31. The molecule has 5 nitrogen and oxygen atoms in total. The summed E-state index contributed by atoms with van der Waals surface area (Å²) in [6, 6.07) is 14.3. The van der Waals surface area contributed by atoms with Crippen LogP contribution in [0.2, 0.25) is 0 Å². The van der Waals surface area contributed by atoms with E-state index in [2.05, 4.69) is 4.90 Å². The van der Waals surface area contributed by atoms with E-state index in [1.807, 2.05) is 36.1 Å². The first-order chi connectivity index (χ1) is 14.4. The Morgan fingerprint density at radius 3 is 2.40 bits per heavy atom. The van der Waals surface area contributed by atoms with Crippen molar-refractivity contribution in [2.45, 2.75) is 30.0 Å². The molecule has 0 radical (unpaired) electrons. The van der Waals surface area contributed by atoms with Gasteiger partial charge in [-0.25, -0.2) is 4.39 Å². The summed E-state index contributed by atoms with van der Waals surface area (Å²) in [5, 5.41) is 0. The number of thioether (sulfide) groups is 1. The Morgan fingerprint density at radius 1 is 1.07 bits per heavy atom. The summed E-state index contributed by atoms with van der Waals surface area (Å²) >= 11 is 1.36. The van der Waals surface area contributed by atoms with Crippen LogP contribution in [-0.4, -0.2) is 59.1 Å². The summed E-state index contributed by atoms with van der Waals surface area (Å²) < 4.78 is 12.0. The third kappa shape index (κ3) is 3.84. The van der Waals surface area contributed by atoms with Crippen molar-refractivity contribution in [1.82, 2.24) is 9.80 Å². The fraction of sp³-hybridized carbons (Fsp3) is 0.391. The van der Waals surface area contributed by atoms with Crippen molar-refractivity contribution in [2.75, 3.05) is 37.6 Å². The molecule has 0 N–H and O–H groups in total. The average Bonchev–Trinajstić information content (AvgIpc) is 2.76. The fourth-order valence-electron chi connectivity index (χ4n) is 4.10. The van der Waals surface area contributed by atoms with Crippen molar-refractivity contribution in [2.24, 2.45) is 0 Å². The maximum Gasteiger partial charge on any atom is 0.252 e. The third-order valence-electron chi connectivity index (χ3n) is 5.83. The number of carbonyl (C=O) groups is 2. The summed E-state index contributed by atoms with van der Waals surface area (Å²) in [6.07, 6.45) is 0. The highest BCUT2D eigenvalue weighted by molar-refractivity contribution is 8.02. The molecule has 2 aliphatic rings. The van der Waals surface area contributed by atoms with E-state index in [1.54, 1.807) is 24.0 Å². The smallest absolute Gasteiger partial charge is 0.252 e. The molecule has 0 aromatic heterocycles. The van der Waals surface area contributed by atoms with Crippen LogP contribution in [0.25, 0.3) is 0 Å². The van der Waals surface area contributed by atoms with E-state index < -0.39 is 4.75 Å². The summed E-state index contributed by atoms with van der Waals surface area (Å²) in [5.41, 5.74) is 1.93. The molecule has 2 amide bonds. The van der Waals surface area contributed by atoms with Gasteiger partial charge in [-0.3, -0.25) is 14.5 Å². The molecule has 158 valence electrons. The van der Waals surface area contributed by atoms with Gasteiger partial charge >= 0.3 is 0 Å². The van der Waals surface area contributed by atoms with E-state index in [-0.39, 0.29) is 17.6 Å². The second kappa shape index (κ2) is 8.40. The minimum absolute atomic E-state index is 0.119. The lowest BCUT2D eigenvalue weighted by molar-refractivity contribution is -0.139. The molecule has 1 fully saturated rings. The van der Waals surface area contributed by atoms with E-state index >= 15 is 0 Å². The molecule has 7 heteroatoms. The SMILES string of the molecule is CCN1C(=O)C(C)(C(=O)N2CCN(Cc3ccc(F)cc3)CC2)Sc2ccccc21. The van der Waals surface area contributed by atoms with Gasteiger partial charge in [0.1, 0.15) is 5.82 Å².